The number of halogens is 2. The van der Waals surface area contributed by atoms with Crippen LogP contribution in [-0.4, -0.2) is 14.8 Å². The number of nitrogen functional groups attached to an aromatic ring is 1. The molecule has 0 saturated heterocycles. The molecule has 2 aromatic heterocycles. The molecule has 78 valence electrons. The monoisotopic (exact) mass is 286 g/mol. The second-order valence-corrected chi connectivity index (χ2v) is 4.34. The van der Waals surface area contributed by atoms with Crippen LogP contribution in [0, 0.1) is 0 Å². The molecule has 2 N–H and O–H groups in total. The van der Waals surface area contributed by atoms with E-state index in [-0.39, 0.29) is 0 Å². The number of anilines is 1. The smallest absolute Gasteiger partial charge is 0.138 e. The fourth-order valence-electron chi connectivity index (χ4n) is 1.22. The van der Waals surface area contributed by atoms with Gasteiger partial charge in [0.2, 0.25) is 0 Å². The van der Waals surface area contributed by atoms with Gasteiger partial charge in [0.05, 0.1) is 5.69 Å². The van der Waals surface area contributed by atoms with Crippen molar-refractivity contribution in [3.8, 4) is 11.3 Å². The van der Waals surface area contributed by atoms with Gasteiger partial charge in [-0.25, -0.2) is 4.98 Å². The number of aryl methyl sites for hydroxylation is 1. The van der Waals surface area contributed by atoms with E-state index in [1.54, 1.807) is 24.0 Å². The predicted octanol–water partition coefficient (Wildman–Crippen LogP) is 2.48. The summed E-state index contributed by atoms with van der Waals surface area (Å²) in [4.78, 5) is 4.02. The summed E-state index contributed by atoms with van der Waals surface area (Å²) < 4.78 is 2.44. The molecule has 0 saturated carbocycles. The lowest BCUT2D eigenvalue weighted by molar-refractivity contribution is 0.782. The Labute approximate surface area is 100 Å². The summed E-state index contributed by atoms with van der Waals surface area (Å²) in [7, 11) is 1.78. The Morgan fingerprint density at radius 3 is 2.80 bits per heavy atom. The van der Waals surface area contributed by atoms with Crippen molar-refractivity contribution in [1.82, 2.24) is 14.8 Å². The number of aromatic nitrogens is 3. The maximum Gasteiger partial charge on any atom is 0.138 e. The van der Waals surface area contributed by atoms with Crippen molar-refractivity contribution in [3.05, 3.63) is 28.0 Å². The van der Waals surface area contributed by atoms with Gasteiger partial charge in [0.25, 0.3) is 0 Å². The van der Waals surface area contributed by atoms with Crippen LogP contribution >= 0.6 is 27.5 Å². The third-order valence-corrected chi connectivity index (χ3v) is 2.73. The third-order valence-electron chi connectivity index (χ3n) is 2.00. The van der Waals surface area contributed by atoms with Crippen molar-refractivity contribution in [2.75, 3.05) is 5.73 Å². The van der Waals surface area contributed by atoms with Crippen molar-refractivity contribution >= 4 is 33.3 Å². The van der Waals surface area contributed by atoms with Gasteiger partial charge >= 0.3 is 0 Å². The first-order valence-electron chi connectivity index (χ1n) is 4.19. The molecule has 2 aromatic rings. The lowest BCUT2D eigenvalue weighted by atomic mass is 10.2. The second-order valence-electron chi connectivity index (χ2n) is 3.07. The fourth-order valence-corrected chi connectivity index (χ4v) is 1.75. The Balaban J connectivity index is 2.58. The first-order chi connectivity index (χ1) is 7.08. The largest absolute Gasteiger partial charge is 0.384 e. The third kappa shape index (κ3) is 1.98. The van der Waals surface area contributed by atoms with E-state index in [0.29, 0.717) is 16.7 Å². The lowest BCUT2D eigenvalue weighted by Crippen LogP contribution is -1.96. The minimum atomic E-state index is 0.413. The average molecular weight is 288 g/mol. The van der Waals surface area contributed by atoms with Gasteiger partial charge in [-0.1, -0.05) is 11.6 Å². The van der Waals surface area contributed by atoms with Crippen LogP contribution in [0.2, 0.25) is 5.15 Å². The lowest BCUT2D eigenvalue weighted by Gasteiger charge is -1.99. The summed E-state index contributed by atoms with van der Waals surface area (Å²) in [5, 5.41) is 4.64. The average Bonchev–Trinajstić information content (AvgIpc) is 2.51. The highest BCUT2D eigenvalue weighted by Gasteiger charge is 2.10. The molecule has 2 rings (SSSR count). The van der Waals surface area contributed by atoms with Gasteiger partial charge in [-0.3, -0.25) is 4.68 Å². The zero-order chi connectivity index (χ0) is 11.0. The van der Waals surface area contributed by atoms with Gasteiger partial charge in [-0.05, 0) is 22.0 Å². The van der Waals surface area contributed by atoms with Crippen LogP contribution in [0.3, 0.4) is 0 Å². The number of hydrogen-bond acceptors (Lipinski definition) is 3. The number of hydrogen-bond donors (Lipinski definition) is 1. The van der Waals surface area contributed by atoms with Crippen molar-refractivity contribution in [3.63, 3.8) is 0 Å². The molecule has 0 atom stereocenters. The second kappa shape index (κ2) is 3.83. The molecular weight excluding hydrogens is 279 g/mol. The van der Waals surface area contributed by atoms with Crippen LogP contribution < -0.4 is 5.73 Å². The first kappa shape index (κ1) is 10.4. The summed E-state index contributed by atoms with van der Waals surface area (Å²) in [5.74, 6) is 0.584. The SMILES string of the molecule is Cn1nc(-c2cc(Br)cnc2Cl)cc1N. The van der Waals surface area contributed by atoms with Crippen molar-refractivity contribution in [2.24, 2.45) is 7.05 Å². The molecule has 0 aliphatic rings. The summed E-state index contributed by atoms with van der Waals surface area (Å²) in [6.45, 7) is 0. The predicted molar refractivity (Wildman–Crippen MR) is 63.6 cm³/mol. The van der Waals surface area contributed by atoms with Crippen molar-refractivity contribution in [1.29, 1.82) is 0 Å². The number of rotatable bonds is 1. The van der Waals surface area contributed by atoms with Crippen LogP contribution in [0.15, 0.2) is 22.8 Å². The van der Waals surface area contributed by atoms with Crippen LogP contribution in [0.4, 0.5) is 5.82 Å². The topological polar surface area (TPSA) is 56.7 Å². The van der Waals surface area contributed by atoms with E-state index >= 15 is 0 Å². The van der Waals surface area contributed by atoms with Crippen molar-refractivity contribution < 1.29 is 0 Å². The molecule has 0 fully saturated rings. The highest BCUT2D eigenvalue weighted by Crippen LogP contribution is 2.28. The zero-order valence-electron chi connectivity index (χ0n) is 7.91. The molecule has 0 spiro atoms. The van der Waals surface area contributed by atoms with Crippen LogP contribution in [0.5, 0.6) is 0 Å². The molecule has 0 aliphatic carbocycles. The molecule has 0 aliphatic heterocycles. The molecule has 0 radical (unpaired) electrons. The maximum atomic E-state index is 5.97. The van der Waals surface area contributed by atoms with Crippen LogP contribution in [0.25, 0.3) is 11.3 Å². The summed E-state index contributed by atoms with van der Waals surface area (Å²) in [6, 6.07) is 3.62. The Kier molecular flexibility index (Phi) is 2.67. The Bertz CT molecular complexity index is 489. The molecule has 4 nitrogen and oxygen atoms in total. The molecule has 0 aromatic carbocycles. The van der Waals surface area contributed by atoms with Gasteiger partial charge in [0, 0.05) is 29.3 Å². The van der Waals surface area contributed by atoms with Crippen LogP contribution in [0.1, 0.15) is 0 Å². The van der Waals surface area contributed by atoms with Gasteiger partial charge in [-0.15, -0.1) is 0 Å². The van der Waals surface area contributed by atoms with E-state index in [9.17, 15) is 0 Å². The minimum Gasteiger partial charge on any atom is -0.384 e. The van der Waals surface area contributed by atoms with Gasteiger partial charge in [-0.2, -0.15) is 5.10 Å². The van der Waals surface area contributed by atoms with Gasteiger partial charge in [0.1, 0.15) is 11.0 Å². The van der Waals surface area contributed by atoms with E-state index in [1.807, 2.05) is 6.07 Å². The molecule has 0 amide bonds. The standard InChI is InChI=1S/C9H8BrClN4/c1-15-8(12)3-7(14-15)6-2-5(10)4-13-9(6)11/h2-4H,12H2,1H3. The van der Waals surface area contributed by atoms with Crippen LogP contribution in [-0.2, 0) is 7.05 Å². The van der Waals surface area contributed by atoms with Crippen molar-refractivity contribution in [2.45, 2.75) is 0 Å². The molecule has 15 heavy (non-hydrogen) atoms. The Hall–Kier alpha value is -1.07. The number of pyridine rings is 1. The molecule has 0 unspecified atom stereocenters. The first-order valence-corrected chi connectivity index (χ1v) is 5.36. The molecular formula is C9H8BrClN4. The maximum absolute atomic E-state index is 5.97. The summed E-state index contributed by atoms with van der Waals surface area (Å²) in [6.07, 6.45) is 1.64. The summed E-state index contributed by atoms with van der Waals surface area (Å²) in [5.41, 5.74) is 7.17. The number of nitrogens with zero attached hydrogens (tertiary/aromatic N) is 3. The fraction of sp³-hybridized carbons (Fsp3) is 0.111. The van der Waals surface area contributed by atoms with E-state index in [4.69, 9.17) is 17.3 Å². The summed E-state index contributed by atoms with van der Waals surface area (Å²) >= 11 is 9.30. The highest BCUT2D eigenvalue weighted by atomic mass is 79.9. The molecule has 2 heterocycles. The minimum absolute atomic E-state index is 0.413. The normalized spacial score (nSPS) is 10.6. The van der Waals surface area contributed by atoms with E-state index in [0.717, 1.165) is 10.0 Å². The van der Waals surface area contributed by atoms with E-state index in [2.05, 4.69) is 26.0 Å². The Morgan fingerprint density at radius 1 is 1.47 bits per heavy atom. The quantitative estimate of drug-likeness (QED) is 0.820. The van der Waals surface area contributed by atoms with Gasteiger partial charge < -0.3 is 5.73 Å². The van der Waals surface area contributed by atoms with Gasteiger partial charge in [0.15, 0.2) is 0 Å². The highest BCUT2D eigenvalue weighted by molar-refractivity contribution is 9.10. The van der Waals surface area contributed by atoms with E-state index in [1.165, 1.54) is 0 Å². The molecule has 0 bridgehead atoms. The van der Waals surface area contributed by atoms with E-state index < -0.39 is 0 Å². The zero-order valence-corrected chi connectivity index (χ0v) is 10.2. The number of nitrogens with two attached hydrogens (primary N) is 1. The Morgan fingerprint density at radius 2 is 2.20 bits per heavy atom. The molecule has 6 heteroatoms.